The molecule has 2 aromatic heterocycles. The van der Waals surface area contributed by atoms with Gasteiger partial charge in [0.1, 0.15) is 12.4 Å². The first-order valence-corrected chi connectivity index (χ1v) is 10.2. The minimum absolute atomic E-state index is 0.101. The van der Waals surface area contributed by atoms with Crippen molar-refractivity contribution in [3.05, 3.63) is 44.9 Å². The number of carbonyl (C=O) groups is 1. The van der Waals surface area contributed by atoms with E-state index in [1.807, 2.05) is 6.92 Å². The number of halogens is 3. The Balaban J connectivity index is 1.59. The smallest absolute Gasteiger partial charge is 0.367 e. The van der Waals surface area contributed by atoms with Crippen LogP contribution in [-0.4, -0.2) is 48.9 Å². The molecule has 4 rings (SSSR count). The number of nitrogens with zero attached hydrogens (tertiary/aromatic N) is 4. The highest BCUT2D eigenvalue weighted by atomic mass is 19.4. The van der Waals surface area contributed by atoms with Crippen molar-refractivity contribution in [3.63, 3.8) is 0 Å². The van der Waals surface area contributed by atoms with Gasteiger partial charge in [-0.2, -0.15) is 18.3 Å². The van der Waals surface area contributed by atoms with Gasteiger partial charge >= 0.3 is 11.9 Å². The molecule has 0 aromatic carbocycles. The monoisotopic (exact) mass is 440 g/mol. The molecular formula is C19H23F3N6O3. The van der Waals surface area contributed by atoms with Crippen molar-refractivity contribution in [1.29, 1.82) is 0 Å². The van der Waals surface area contributed by atoms with E-state index in [4.69, 9.17) is 0 Å². The van der Waals surface area contributed by atoms with Crippen molar-refractivity contribution >= 4 is 11.7 Å². The lowest BCUT2D eigenvalue weighted by Gasteiger charge is -2.32. The Morgan fingerprint density at radius 1 is 1.32 bits per heavy atom. The molecule has 0 saturated carbocycles. The van der Waals surface area contributed by atoms with Crippen molar-refractivity contribution in [2.45, 2.75) is 63.5 Å². The van der Waals surface area contributed by atoms with Gasteiger partial charge in [-0.05, 0) is 25.7 Å². The number of rotatable bonds is 4. The number of anilines is 1. The Morgan fingerprint density at radius 3 is 2.77 bits per heavy atom. The van der Waals surface area contributed by atoms with Gasteiger partial charge in [0.25, 0.3) is 5.56 Å². The average Bonchev–Trinajstić information content (AvgIpc) is 3.34. The van der Waals surface area contributed by atoms with Gasteiger partial charge in [0.15, 0.2) is 6.04 Å². The molecule has 9 nitrogen and oxygen atoms in total. The fraction of sp³-hybridized carbons (Fsp3) is 0.579. The molecule has 4 heterocycles. The molecule has 2 aliphatic heterocycles. The molecule has 0 radical (unpaired) electrons. The first-order valence-electron chi connectivity index (χ1n) is 10.2. The summed E-state index contributed by atoms with van der Waals surface area (Å²) in [4.78, 5) is 39.5. The standard InChI is InChI=1S/C19H23F3N6O3/c1-2-11-8-14(19(20,21)22)28-15(23-11)9-12(25-28)13-4-3-6-27(13)17(30)10-26-7-5-16(29)24-18(26)31/h5,7,9,11,13-14,23H,2-4,6,8,10H2,1H3,(H,24,29,31)/t11-,13?,14-/m1/s1. The summed E-state index contributed by atoms with van der Waals surface area (Å²) in [7, 11) is 0. The highest BCUT2D eigenvalue weighted by Gasteiger charge is 2.46. The van der Waals surface area contributed by atoms with Crippen LogP contribution in [0.5, 0.6) is 0 Å². The third-order valence-electron chi connectivity index (χ3n) is 5.90. The minimum atomic E-state index is -4.43. The number of fused-ring (bicyclic) bond motifs is 1. The third kappa shape index (κ3) is 4.10. The van der Waals surface area contributed by atoms with Gasteiger partial charge in [0.2, 0.25) is 5.91 Å². The molecule has 2 aromatic rings. The predicted molar refractivity (Wildman–Crippen MR) is 105 cm³/mol. The lowest BCUT2D eigenvalue weighted by molar-refractivity contribution is -0.173. The van der Waals surface area contributed by atoms with E-state index in [1.165, 1.54) is 11.1 Å². The first kappa shape index (κ1) is 21.2. The highest BCUT2D eigenvalue weighted by molar-refractivity contribution is 5.76. The highest BCUT2D eigenvalue weighted by Crippen LogP contribution is 2.42. The van der Waals surface area contributed by atoms with Gasteiger partial charge in [-0.1, -0.05) is 6.92 Å². The van der Waals surface area contributed by atoms with E-state index in [0.29, 0.717) is 37.3 Å². The van der Waals surface area contributed by atoms with Gasteiger partial charge in [0.05, 0.1) is 11.7 Å². The van der Waals surface area contributed by atoms with Crippen molar-refractivity contribution in [3.8, 4) is 0 Å². The van der Waals surface area contributed by atoms with Gasteiger partial charge in [-0.3, -0.25) is 19.1 Å². The maximum atomic E-state index is 13.6. The van der Waals surface area contributed by atoms with Crippen LogP contribution in [0.15, 0.2) is 27.9 Å². The number of alkyl halides is 3. The molecule has 12 heteroatoms. The number of aromatic amines is 1. The summed E-state index contributed by atoms with van der Waals surface area (Å²) < 4.78 is 42.9. The van der Waals surface area contributed by atoms with Crippen molar-refractivity contribution in [2.24, 2.45) is 0 Å². The van der Waals surface area contributed by atoms with Crippen LogP contribution in [0, 0.1) is 0 Å². The van der Waals surface area contributed by atoms with E-state index < -0.39 is 29.5 Å². The molecule has 2 aliphatic rings. The molecule has 0 aliphatic carbocycles. The lowest BCUT2D eigenvalue weighted by Crippen LogP contribution is -2.39. The molecule has 1 amide bonds. The van der Waals surface area contributed by atoms with Crippen LogP contribution >= 0.6 is 0 Å². The average molecular weight is 440 g/mol. The van der Waals surface area contributed by atoms with E-state index in [-0.39, 0.29) is 24.9 Å². The Hall–Kier alpha value is -3.05. The molecule has 31 heavy (non-hydrogen) atoms. The lowest BCUT2D eigenvalue weighted by atomic mass is 10.0. The Kier molecular flexibility index (Phi) is 5.40. The number of carbonyl (C=O) groups excluding carboxylic acids is 1. The van der Waals surface area contributed by atoms with Gasteiger partial charge in [-0.15, -0.1) is 0 Å². The van der Waals surface area contributed by atoms with Gasteiger partial charge < -0.3 is 10.2 Å². The summed E-state index contributed by atoms with van der Waals surface area (Å²) in [6, 6.07) is 0.236. The zero-order valence-corrected chi connectivity index (χ0v) is 16.9. The fourth-order valence-corrected chi connectivity index (χ4v) is 4.28. The molecule has 3 atom stereocenters. The fourth-order valence-electron chi connectivity index (χ4n) is 4.28. The minimum Gasteiger partial charge on any atom is -0.367 e. The Labute approximate surface area is 174 Å². The van der Waals surface area contributed by atoms with Gasteiger partial charge in [0, 0.05) is 30.9 Å². The summed E-state index contributed by atoms with van der Waals surface area (Å²) >= 11 is 0. The number of H-pyrrole nitrogens is 1. The molecule has 1 unspecified atom stereocenters. The second-order valence-corrected chi connectivity index (χ2v) is 7.92. The molecule has 1 fully saturated rings. The second kappa shape index (κ2) is 7.89. The summed E-state index contributed by atoms with van der Waals surface area (Å²) in [6.07, 6.45) is -1.50. The van der Waals surface area contributed by atoms with Crippen LogP contribution in [0.3, 0.4) is 0 Å². The number of likely N-dealkylation sites (tertiary alicyclic amines) is 1. The predicted octanol–water partition coefficient (Wildman–Crippen LogP) is 1.79. The number of hydrogen-bond donors (Lipinski definition) is 2. The van der Waals surface area contributed by atoms with Crippen LogP contribution in [0.4, 0.5) is 19.0 Å². The van der Waals surface area contributed by atoms with E-state index in [1.54, 1.807) is 6.07 Å². The van der Waals surface area contributed by atoms with E-state index >= 15 is 0 Å². The Morgan fingerprint density at radius 2 is 2.10 bits per heavy atom. The quantitative estimate of drug-likeness (QED) is 0.754. The van der Waals surface area contributed by atoms with Crippen LogP contribution in [0.1, 0.15) is 50.4 Å². The number of amides is 1. The SMILES string of the molecule is CC[C@@H]1C[C@H](C(F)(F)F)n2nc(C3CCCN3C(=O)Cn3ccc(=O)[nH]c3=O)cc2N1. The molecule has 2 N–H and O–H groups in total. The largest absolute Gasteiger partial charge is 0.410 e. The van der Waals surface area contributed by atoms with E-state index in [2.05, 4.69) is 15.4 Å². The summed E-state index contributed by atoms with van der Waals surface area (Å²) in [6.45, 7) is 1.96. The first-order chi connectivity index (χ1) is 14.7. The van der Waals surface area contributed by atoms with E-state index in [0.717, 1.165) is 15.3 Å². The van der Waals surface area contributed by atoms with Gasteiger partial charge in [-0.25, -0.2) is 9.48 Å². The molecule has 0 bridgehead atoms. The molecule has 1 saturated heterocycles. The van der Waals surface area contributed by atoms with Crippen LogP contribution < -0.4 is 16.6 Å². The molecular weight excluding hydrogens is 417 g/mol. The number of nitrogens with one attached hydrogen (secondary N) is 2. The maximum absolute atomic E-state index is 13.6. The topological polar surface area (TPSA) is 105 Å². The van der Waals surface area contributed by atoms with Crippen molar-refractivity contribution < 1.29 is 18.0 Å². The van der Waals surface area contributed by atoms with Crippen LogP contribution in [0.2, 0.25) is 0 Å². The number of hydrogen-bond acceptors (Lipinski definition) is 5. The van der Waals surface area contributed by atoms with Crippen LogP contribution in [0.25, 0.3) is 0 Å². The van der Waals surface area contributed by atoms with Crippen molar-refractivity contribution in [2.75, 3.05) is 11.9 Å². The third-order valence-corrected chi connectivity index (χ3v) is 5.90. The zero-order valence-electron chi connectivity index (χ0n) is 16.9. The molecule has 0 spiro atoms. The number of aromatic nitrogens is 4. The van der Waals surface area contributed by atoms with Crippen LogP contribution in [-0.2, 0) is 11.3 Å². The summed E-state index contributed by atoms with van der Waals surface area (Å²) in [5.41, 5.74) is -0.863. The van der Waals surface area contributed by atoms with Crippen molar-refractivity contribution in [1.82, 2.24) is 24.2 Å². The maximum Gasteiger partial charge on any atom is 0.410 e. The normalized spacial score (nSPS) is 23.5. The summed E-state index contributed by atoms with van der Waals surface area (Å²) in [5, 5.41) is 7.35. The zero-order chi connectivity index (χ0) is 22.3. The molecule has 168 valence electrons. The van der Waals surface area contributed by atoms with E-state index in [9.17, 15) is 27.6 Å². The Bertz CT molecular complexity index is 1090. The summed E-state index contributed by atoms with van der Waals surface area (Å²) in [5.74, 6) is -0.0686. The second-order valence-electron chi connectivity index (χ2n) is 7.92.